The van der Waals surface area contributed by atoms with Gasteiger partial charge in [-0.25, -0.2) is 13.6 Å². The average molecular weight is 351 g/mol. The van der Waals surface area contributed by atoms with E-state index in [2.05, 4.69) is 10.4 Å². The Morgan fingerprint density at radius 3 is 2.72 bits per heavy atom. The van der Waals surface area contributed by atoms with Crippen LogP contribution in [0.25, 0.3) is 0 Å². The lowest BCUT2D eigenvalue weighted by molar-refractivity contribution is -0.117. The summed E-state index contributed by atoms with van der Waals surface area (Å²) in [5, 5.41) is 6.61. The third-order valence-electron chi connectivity index (χ3n) is 3.39. The number of hydrogen-bond acceptors (Lipinski definition) is 4. The van der Waals surface area contributed by atoms with Gasteiger partial charge in [-0.1, -0.05) is 6.07 Å². The van der Waals surface area contributed by atoms with E-state index in [9.17, 15) is 18.4 Å². The van der Waals surface area contributed by atoms with E-state index in [1.807, 2.05) is 0 Å². The monoisotopic (exact) mass is 351 g/mol. The van der Waals surface area contributed by atoms with Crippen LogP contribution < -0.4 is 5.32 Å². The SMILES string of the molecule is CC(=O)CCCCn1ccc(NC(=O)OCc2ccc(F)c(F)c2)n1. The van der Waals surface area contributed by atoms with E-state index in [0.717, 1.165) is 25.0 Å². The fourth-order valence-corrected chi connectivity index (χ4v) is 2.12. The molecule has 1 aromatic heterocycles. The lowest BCUT2D eigenvalue weighted by atomic mass is 10.2. The molecular weight excluding hydrogens is 332 g/mol. The maximum atomic E-state index is 13.1. The van der Waals surface area contributed by atoms with E-state index < -0.39 is 17.7 Å². The van der Waals surface area contributed by atoms with Crippen molar-refractivity contribution in [3.63, 3.8) is 0 Å². The molecule has 0 fully saturated rings. The van der Waals surface area contributed by atoms with Crippen molar-refractivity contribution in [2.45, 2.75) is 39.3 Å². The summed E-state index contributed by atoms with van der Waals surface area (Å²) in [5.41, 5.74) is 0.338. The number of rotatable bonds is 8. The second kappa shape index (κ2) is 8.91. The van der Waals surface area contributed by atoms with Crippen molar-refractivity contribution in [1.82, 2.24) is 9.78 Å². The maximum Gasteiger partial charge on any atom is 0.413 e. The Morgan fingerprint density at radius 1 is 1.20 bits per heavy atom. The number of nitrogens with one attached hydrogen (secondary N) is 1. The van der Waals surface area contributed by atoms with Crippen molar-refractivity contribution in [1.29, 1.82) is 0 Å². The number of ether oxygens (including phenoxy) is 1. The minimum Gasteiger partial charge on any atom is -0.444 e. The van der Waals surface area contributed by atoms with Crippen LogP contribution in [-0.2, 0) is 22.7 Å². The van der Waals surface area contributed by atoms with E-state index >= 15 is 0 Å². The van der Waals surface area contributed by atoms with Gasteiger partial charge in [0.15, 0.2) is 17.5 Å². The van der Waals surface area contributed by atoms with E-state index in [4.69, 9.17) is 4.74 Å². The van der Waals surface area contributed by atoms with Crippen LogP contribution in [0.2, 0.25) is 0 Å². The van der Waals surface area contributed by atoms with Gasteiger partial charge in [0.25, 0.3) is 0 Å². The highest BCUT2D eigenvalue weighted by Crippen LogP contribution is 2.11. The van der Waals surface area contributed by atoms with Gasteiger partial charge in [-0.3, -0.25) is 10.00 Å². The highest BCUT2D eigenvalue weighted by Gasteiger charge is 2.08. The fraction of sp³-hybridized carbons (Fsp3) is 0.353. The topological polar surface area (TPSA) is 73.2 Å². The van der Waals surface area contributed by atoms with Crippen LogP contribution in [0, 0.1) is 11.6 Å². The minimum atomic E-state index is -0.995. The number of hydrogen-bond donors (Lipinski definition) is 1. The van der Waals surface area contributed by atoms with Gasteiger partial charge in [0.05, 0.1) is 0 Å². The quantitative estimate of drug-likeness (QED) is 0.737. The zero-order valence-corrected chi connectivity index (χ0v) is 13.8. The lowest BCUT2D eigenvalue weighted by Crippen LogP contribution is -2.14. The number of Topliss-reactive ketones (excluding diaryl/α,β-unsaturated/α-hetero) is 1. The maximum absolute atomic E-state index is 13.1. The molecule has 0 unspecified atom stereocenters. The molecule has 0 saturated carbocycles. The highest BCUT2D eigenvalue weighted by molar-refractivity contribution is 5.83. The number of amides is 1. The number of benzene rings is 1. The van der Waals surface area contributed by atoms with Crippen LogP contribution in [0.5, 0.6) is 0 Å². The van der Waals surface area contributed by atoms with Crippen molar-refractivity contribution in [3.8, 4) is 0 Å². The van der Waals surface area contributed by atoms with Gasteiger partial charge in [-0.05, 0) is 37.5 Å². The normalized spacial score (nSPS) is 10.5. The Hall–Kier alpha value is -2.77. The fourth-order valence-electron chi connectivity index (χ4n) is 2.12. The van der Waals surface area contributed by atoms with Gasteiger partial charge >= 0.3 is 6.09 Å². The Balaban J connectivity index is 1.75. The number of halogens is 2. The second-order valence-electron chi connectivity index (χ2n) is 5.57. The summed E-state index contributed by atoms with van der Waals surface area (Å²) in [6.45, 7) is 2.01. The number of ketones is 1. The summed E-state index contributed by atoms with van der Waals surface area (Å²) in [5.74, 6) is -1.47. The van der Waals surface area contributed by atoms with Crippen molar-refractivity contribution in [2.75, 3.05) is 5.32 Å². The summed E-state index contributed by atoms with van der Waals surface area (Å²) in [7, 11) is 0. The van der Waals surface area contributed by atoms with Crippen LogP contribution >= 0.6 is 0 Å². The molecule has 8 heteroatoms. The average Bonchev–Trinajstić information content (AvgIpc) is 3.00. The molecule has 0 aliphatic rings. The van der Waals surface area contributed by atoms with Gasteiger partial charge < -0.3 is 9.53 Å². The standard InChI is InChI=1S/C17H19F2N3O3/c1-12(23)4-2-3-8-22-9-7-16(21-22)20-17(24)25-11-13-5-6-14(18)15(19)10-13/h5-7,9-10H,2-4,8,11H2,1H3,(H,20,21,24). The van der Waals surface area contributed by atoms with Gasteiger partial charge in [-0.15, -0.1) is 0 Å². The predicted octanol–water partition coefficient (Wildman–Crippen LogP) is 3.67. The first kappa shape index (κ1) is 18.6. The Kier molecular flexibility index (Phi) is 6.62. The largest absolute Gasteiger partial charge is 0.444 e. The van der Waals surface area contributed by atoms with Crippen LogP contribution in [0.3, 0.4) is 0 Å². The van der Waals surface area contributed by atoms with Gasteiger partial charge in [0.1, 0.15) is 12.4 Å². The highest BCUT2D eigenvalue weighted by atomic mass is 19.2. The van der Waals surface area contributed by atoms with E-state index in [-0.39, 0.29) is 12.4 Å². The third kappa shape index (κ3) is 6.33. The molecule has 2 rings (SSSR count). The number of nitrogens with zero attached hydrogens (tertiary/aromatic N) is 2. The minimum absolute atomic E-state index is 0.159. The predicted molar refractivity (Wildman–Crippen MR) is 86.9 cm³/mol. The van der Waals surface area contributed by atoms with Crippen molar-refractivity contribution < 1.29 is 23.1 Å². The van der Waals surface area contributed by atoms with E-state index in [1.54, 1.807) is 23.9 Å². The van der Waals surface area contributed by atoms with Crippen LogP contribution in [0.1, 0.15) is 31.7 Å². The third-order valence-corrected chi connectivity index (χ3v) is 3.39. The Morgan fingerprint density at radius 2 is 2.00 bits per heavy atom. The Bertz CT molecular complexity index is 746. The number of aryl methyl sites for hydroxylation is 1. The van der Waals surface area contributed by atoms with E-state index in [0.29, 0.717) is 24.3 Å². The summed E-state index contributed by atoms with van der Waals surface area (Å²) < 4.78 is 32.5. The number of unbranched alkanes of at least 4 members (excludes halogenated alkanes) is 1. The van der Waals surface area contributed by atoms with Crippen molar-refractivity contribution in [3.05, 3.63) is 47.7 Å². The molecule has 134 valence electrons. The molecule has 1 aromatic carbocycles. The van der Waals surface area contributed by atoms with Crippen molar-refractivity contribution in [2.24, 2.45) is 0 Å². The molecule has 0 atom stereocenters. The lowest BCUT2D eigenvalue weighted by Gasteiger charge is -2.06. The molecule has 25 heavy (non-hydrogen) atoms. The molecule has 0 aliphatic heterocycles. The number of carbonyl (C=O) groups is 2. The molecule has 1 amide bonds. The zero-order chi connectivity index (χ0) is 18.2. The second-order valence-corrected chi connectivity index (χ2v) is 5.57. The molecule has 1 heterocycles. The Labute approximate surface area is 143 Å². The molecular formula is C17H19F2N3O3. The summed E-state index contributed by atoms with van der Waals surface area (Å²) in [4.78, 5) is 22.6. The zero-order valence-electron chi connectivity index (χ0n) is 13.8. The summed E-state index contributed by atoms with van der Waals surface area (Å²) in [6.07, 6.45) is 3.10. The first-order chi connectivity index (χ1) is 11.9. The van der Waals surface area contributed by atoms with Crippen LogP contribution in [-0.4, -0.2) is 21.7 Å². The number of carbonyl (C=O) groups excluding carboxylic acids is 2. The van der Waals surface area contributed by atoms with Gasteiger partial charge in [-0.2, -0.15) is 5.10 Å². The molecule has 6 nitrogen and oxygen atoms in total. The molecule has 0 spiro atoms. The number of aromatic nitrogens is 2. The van der Waals surface area contributed by atoms with Crippen LogP contribution in [0.15, 0.2) is 30.5 Å². The summed E-state index contributed by atoms with van der Waals surface area (Å²) in [6, 6.07) is 4.89. The molecule has 0 radical (unpaired) electrons. The van der Waals surface area contributed by atoms with E-state index in [1.165, 1.54) is 6.07 Å². The van der Waals surface area contributed by atoms with Crippen molar-refractivity contribution >= 4 is 17.7 Å². The van der Waals surface area contributed by atoms with Crippen LogP contribution in [0.4, 0.5) is 19.4 Å². The molecule has 1 N–H and O–H groups in total. The molecule has 0 aliphatic carbocycles. The molecule has 0 bridgehead atoms. The first-order valence-electron chi connectivity index (χ1n) is 7.84. The van der Waals surface area contributed by atoms with Gasteiger partial charge in [0, 0.05) is 25.2 Å². The van der Waals surface area contributed by atoms with Gasteiger partial charge in [0.2, 0.25) is 0 Å². The molecule has 2 aromatic rings. The molecule has 0 saturated heterocycles. The summed E-state index contributed by atoms with van der Waals surface area (Å²) >= 11 is 0. The first-order valence-corrected chi connectivity index (χ1v) is 7.84. The number of anilines is 1. The smallest absolute Gasteiger partial charge is 0.413 e.